The summed E-state index contributed by atoms with van der Waals surface area (Å²) in [6.45, 7) is 0. The van der Waals surface area contributed by atoms with Gasteiger partial charge in [0.2, 0.25) is 0 Å². The molecule has 0 radical (unpaired) electrons. The summed E-state index contributed by atoms with van der Waals surface area (Å²) >= 11 is 12.6. The molecular formula is C16H23Cl2N3. The molecule has 2 aliphatic rings. The van der Waals surface area contributed by atoms with E-state index in [0.717, 1.165) is 22.0 Å². The predicted octanol–water partition coefficient (Wildman–Crippen LogP) is 3.24. The fraction of sp³-hybridized carbons (Fsp3) is 0.625. The zero-order chi connectivity index (χ0) is 15.0. The van der Waals surface area contributed by atoms with Gasteiger partial charge in [0.15, 0.2) is 0 Å². The minimum atomic E-state index is 0.235. The first-order chi connectivity index (χ1) is 10.1. The summed E-state index contributed by atoms with van der Waals surface area (Å²) in [5.74, 6) is 6.44. The fourth-order valence-electron chi connectivity index (χ4n) is 4.09. The van der Waals surface area contributed by atoms with Crippen LogP contribution >= 0.6 is 23.2 Å². The van der Waals surface area contributed by atoms with Gasteiger partial charge in [-0.05, 0) is 62.8 Å². The highest BCUT2D eigenvalue weighted by Gasteiger charge is 2.40. The largest absolute Gasteiger partial charge is 0.300 e. The standard InChI is InChI=1S/C16H23Cl2N3/c1-21-11-5-6-12(21)8-10(7-11)16(20-19)9-13-14(17)3-2-4-15(13)18/h2-4,10-12,16,20H,5-9,19H2,1H3. The second-order valence-electron chi connectivity index (χ2n) is 6.46. The number of halogens is 2. The highest BCUT2D eigenvalue weighted by atomic mass is 35.5. The second kappa shape index (κ2) is 6.43. The molecule has 116 valence electrons. The van der Waals surface area contributed by atoms with Crippen LogP contribution < -0.4 is 11.3 Å². The van der Waals surface area contributed by atoms with Crippen molar-refractivity contribution in [2.45, 2.75) is 50.2 Å². The Bertz CT molecular complexity index is 474. The van der Waals surface area contributed by atoms with Gasteiger partial charge < -0.3 is 4.90 Å². The molecule has 0 spiro atoms. The summed E-state index contributed by atoms with van der Waals surface area (Å²) in [7, 11) is 2.26. The number of nitrogens with one attached hydrogen (secondary N) is 1. The third-order valence-corrected chi connectivity index (χ3v) is 6.11. The van der Waals surface area contributed by atoms with Crippen LogP contribution in [0.25, 0.3) is 0 Å². The van der Waals surface area contributed by atoms with Gasteiger partial charge in [-0.2, -0.15) is 0 Å². The molecule has 0 aliphatic carbocycles. The average Bonchev–Trinajstić information content (AvgIpc) is 2.69. The SMILES string of the molecule is CN1C2CCC1CC(C(Cc1c(Cl)cccc1Cl)NN)C2. The molecule has 2 bridgehead atoms. The Morgan fingerprint density at radius 2 is 1.81 bits per heavy atom. The van der Waals surface area contributed by atoms with E-state index in [-0.39, 0.29) is 6.04 Å². The molecule has 0 amide bonds. The summed E-state index contributed by atoms with van der Waals surface area (Å²) in [4.78, 5) is 2.55. The molecule has 3 unspecified atom stereocenters. The Hall–Kier alpha value is -0.320. The van der Waals surface area contributed by atoms with E-state index in [9.17, 15) is 0 Å². The first kappa shape index (κ1) is 15.6. The zero-order valence-electron chi connectivity index (χ0n) is 12.4. The van der Waals surface area contributed by atoms with Crippen molar-refractivity contribution in [3.8, 4) is 0 Å². The van der Waals surface area contributed by atoms with Crippen LogP contribution in [0.3, 0.4) is 0 Å². The topological polar surface area (TPSA) is 41.3 Å². The number of nitrogens with two attached hydrogens (primary N) is 1. The van der Waals surface area contributed by atoms with E-state index in [1.54, 1.807) is 0 Å². The highest BCUT2D eigenvalue weighted by Crippen LogP contribution is 2.39. The number of hydrogen-bond acceptors (Lipinski definition) is 3. The van der Waals surface area contributed by atoms with Crippen molar-refractivity contribution in [3.05, 3.63) is 33.8 Å². The molecule has 3 rings (SSSR count). The van der Waals surface area contributed by atoms with Crippen molar-refractivity contribution in [2.75, 3.05) is 7.05 Å². The van der Waals surface area contributed by atoms with Crippen molar-refractivity contribution in [1.29, 1.82) is 0 Å². The predicted molar refractivity (Wildman–Crippen MR) is 88.6 cm³/mol. The molecule has 3 N–H and O–H groups in total. The van der Waals surface area contributed by atoms with Gasteiger partial charge in [-0.1, -0.05) is 29.3 Å². The van der Waals surface area contributed by atoms with Crippen LogP contribution in [-0.4, -0.2) is 30.1 Å². The maximum absolute atomic E-state index is 6.30. The summed E-state index contributed by atoms with van der Waals surface area (Å²) in [5, 5.41) is 1.47. The lowest BCUT2D eigenvalue weighted by Gasteiger charge is -2.39. The molecule has 0 saturated carbocycles. The number of rotatable bonds is 4. The number of benzene rings is 1. The summed E-state index contributed by atoms with van der Waals surface area (Å²) in [5.41, 5.74) is 4.03. The third-order valence-electron chi connectivity index (χ3n) is 5.40. The minimum Gasteiger partial charge on any atom is -0.300 e. The molecule has 2 saturated heterocycles. The van der Waals surface area contributed by atoms with Gasteiger partial charge in [-0.25, -0.2) is 0 Å². The molecule has 21 heavy (non-hydrogen) atoms. The van der Waals surface area contributed by atoms with E-state index in [1.165, 1.54) is 25.7 Å². The summed E-state index contributed by atoms with van der Waals surface area (Å²) in [6, 6.07) is 7.34. The van der Waals surface area contributed by atoms with Crippen LogP contribution in [0.15, 0.2) is 18.2 Å². The summed E-state index contributed by atoms with van der Waals surface area (Å²) < 4.78 is 0. The first-order valence-corrected chi connectivity index (χ1v) is 8.46. The fourth-order valence-corrected chi connectivity index (χ4v) is 4.64. The van der Waals surface area contributed by atoms with Gasteiger partial charge >= 0.3 is 0 Å². The monoisotopic (exact) mass is 327 g/mol. The van der Waals surface area contributed by atoms with E-state index in [2.05, 4.69) is 17.4 Å². The van der Waals surface area contributed by atoms with Crippen molar-refractivity contribution in [2.24, 2.45) is 11.8 Å². The Morgan fingerprint density at radius 3 is 2.33 bits per heavy atom. The molecule has 3 nitrogen and oxygen atoms in total. The molecular weight excluding hydrogens is 305 g/mol. The molecule has 1 aromatic rings. The van der Waals surface area contributed by atoms with Gasteiger partial charge in [-0.3, -0.25) is 11.3 Å². The number of hydrazine groups is 1. The van der Waals surface area contributed by atoms with Gasteiger partial charge in [0.05, 0.1) is 0 Å². The normalized spacial score (nSPS) is 30.6. The molecule has 0 aromatic heterocycles. The first-order valence-electron chi connectivity index (χ1n) is 7.71. The van der Waals surface area contributed by atoms with Gasteiger partial charge in [0.1, 0.15) is 0 Å². The third kappa shape index (κ3) is 3.08. The second-order valence-corrected chi connectivity index (χ2v) is 7.27. The molecule has 2 aliphatic heterocycles. The Labute approximate surface area is 136 Å². The zero-order valence-corrected chi connectivity index (χ0v) is 13.9. The minimum absolute atomic E-state index is 0.235. The van der Waals surface area contributed by atoms with Gasteiger partial charge in [0.25, 0.3) is 0 Å². The average molecular weight is 328 g/mol. The van der Waals surface area contributed by atoms with Crippen LogP contribution in [-0.2, 0) is 6.42 Å². The lowest BCUT2D eigenvalue weighted by Crippen LogP contribution is -2.49. The van der Waals surface area contributed by atoms with Crippen LogP contribution in [0.5, 0.6) is 0 Å². The van der Waals surface area contributed by atoms with E-state index in [4.69, 9.17) is 29.0 Å². The maximum Gasteiger partial charge on any atom is 0.0453 e. The lowest BCUT2D eigenvalue weighted by atomic mass is 9.83. The van der Waals surface area contributed by atoms with Crippen molar-refractivity contribution >= 4 is 23.2 Å². The highest BCUT2D eigenvalue weighted by molar-refractivity contribution is 6.36. The Kier molecular flexibility index (Phi) is 4.77. The molecule has 2 fully saturated rings. The van der Waals surface area contributed by atoms with Gasteiger partial charge in [-0.15, -0.1) is 0 Å². The van der Waals surface area contributed by atoms with Crippen LogP contribution in [0, 0.1) is 5.92 Å². The van der Waals surface area contributed by atoms with E-state index >= 15 is 0 Å². The van der Waals surface area contributed by atoms with Crippen LogP contribution in [0.2, 0.25) is 10.0 Å². The van der Waals surface area contributed by atoms with Crippen molar-refractivity contribution < 1.29 is 0 Å². The quantitative estimate of drug-likeness (QED) is 0.659. The maximum atomic E-state index is 6.30. The van der Waals surface area contributed by atoms with Crippen molar-refractivity contribution in [1.82, 2.24) is 10.3 Å². The number of hydrogen-bond donors (Lipinski definition) is 2. The van der Waals surface area contributed by atoms with E-state index in [1.807, 2.05) is 18.2 Å². The molecule has 1 aromatic carbocycles. The lowest BCUT2D eigenvalue weighted by molar-refractivity contribution is 0.112. The molecule has 3 atom stereocenters. The van der Waals surface area contributed by atoms with E-state index in [0.29, 0.717) is 18.0 Å². The number of nitrogens with zero attached hydrogens (tertiary/aromatic N) is 1. The Balaban J connectivity index is 1.74. The van der Waals surface area contributed by atoms with Crippen molar-refractivity contribution in [3.63, 3.8) is 0 Å². The van der Waals surface area contributed by atoms with Crippen LogP contribution in [0.4, 0.5) is 0 Å². The number of fused-ring (bicyclic) bond motifs is 2. The van der Waals surface area contributed by atoms with Crippen LogP contribution in [0.1, 0.15) is 31.2 Å². The number of piperidine rings is 1. The molecule has 2 heterocycles. The Morgan fingerprint density at radius 1 is 1.24 bits per heavy atom. The summed E-state index contributed by atoms with van der Waals surface area (Å²) in [6.07, 6.45) is 5.86. The molecule has 5 heteroatoms. The smallest absolute Gasteiger partial charge is 0.0453 e. The van der Waals surface area contributed by atoms with Gasteiger partial charge in [0, 0.05) is 28.2 Å². The van der Waals surface area contributed by atoms with E-state index < -0.39 is 0 Å².